The third-order valence-corrected chi connectivity index (χ3v) is 4.45. The highest BCUT2D eigenvalue weighted by Gasteiger charge is 2.15. The second-order valence-electron chi connectivity index (χ2n) is 5.94. The maximum absolute atomic E-state index is 6.13. The molecule has 6 nitrogen and oxygen atoms in total. The van der Waals surface area contributed by atoms with E-state index in [1.807, 2.05) is 6.07 Å². The van der Waals surface area contributed by atoms with Crippen LogP contribution in [0.1, 0.15) is 12.0 Å². The van der Waals surface area contributed by atoms with Gasteiger partial charge in [0.25, 0.3) is 0 Å². The number of benzene rings is 1. The second kappa shape index (κ2) is 9.66. The maximum Gasteiger partial charge on any atom is 0.232 e. The van der Waals surface area contributed by atoms with Crippen molar-refractivity contribution in [2.45, 2.75) is 12.8 Å². The van der Waals surface area contributed by atoms with Gasteiger partial charge in [-0.3, -0.25) is 0 Å². The van der Waals surface area contributed by atoms with Crippen molar-refractivity contribution in [3.05, 3.63) is 47.1 Å². The Morgan fingerprint density at radius 2 is 1.96 bits per heavy atom. The van der Waals surface area contributed by atoms with E-state index in [0.717, 1.165) is 38.3 Å². The normalized spacial score (nSPS) is 14.1. The van der Waals surface area contributed by atoms with E-state index in [1.165, 1.54) is 5.56 Å². The Hall–Kier alpha value is -1.96. The van der Waals surface area contributed by atoms with Crippen molar-refractivity contribution in [1.82, 2.24) is 15.3 Å². The summed E-state index contributed by atoms with van der Waals surface area (Å²) in [6.45, 7) is 3.72. The fourth-order valence-corrected chi connectivity index (χ4v) is 3.07. The van der Waals surface area contributed by atoms with Gasteiger partial charge in [-0.25, -0.2) is 4.98 Å². The summed E-state index contributed by atoms with van der Waals surface area (Å²) < 4.78 is 5.37. The number of hydrogen-bond donors (Lipinski definition) is 2. The number of anilines is 2. The van der Waals surface area contributed by atoms with Gasteiger partial charge in [0.1, 0.15) is 11.0 Å². The molecule has 8 heteroatoms. The highest BCUT2D eigenvalue weighted by molar-refractivity contribution is 7.80. The van der Waals surface area contributed by atoms with Crippen molar-refractivity contribution in [1.29, 1.82) is 0 Å². The Morgan fingerprint density at radius 3 is 2.73 bits per heavy atom. The summed E-state index contributed by atoms with van der Waals surface area (Å²) in [5.74, 6) is 1.18. The van der Waals surface area contributed by atoms with E-state index in [9.17, 15) is 0 Å². The number of ether oxygens (including phenoxy) is 1. The molecule has 1 aromatic heterocycles. The largest absolute Gasteiger partial charge is 0.378 e. The minimum absolute atomic E-state index is 0.385. The third-order valence-electron chi connectivity index (χ3n) is 4.01. The summed E-state index contributed by atoms with van der Waals surface area (Å²) in [6, 6.07) is 12.1. The lowest BCUT2D eigenvalue weighted by atomic mass is 10.1. The molecule has 1 fully saturated rings. The average Bonchev–Trinajstić information content (AvgIpc) is 2.66. The van der Waals surface area contributed by atoms with Crippen LogP contribution in [-0.4, -0.2) is 47.9 Å². The molecule has 26 heavy (non-hydrogen) atoms. The van der Waals surface area contributed by atoms with E-state index in [0.29, 0.717) is 29.4 Å². The van der Waals surface area contributed by atoms with Crippen LogP contribution < -0.4 is 15.5 Å². The van der Waals surface area contributed by atoms with Gasteiger partial charge in [0.15, 0.2) is 5.11 Å². The van der Waals surface area contributed by atoms with Gasteiger partial charge in [0.05, 0.1) is 13.2 Å². The van der Waals surface area contributed by atoms with Crippen LogP contribution in [0.15, 0.2) is 36.4 Å². The molecule has 2 N–H and O–H groups in total. The van der Waals surface area contributed by atoms with E-state index < -0.39 is 0 Å². The Kier molecular flexibility index (Phi) is 6.99. The molecule has 138 valence electrons. The zero-order valence-corrected chi connectivity index (χ0v) is 16.0. The van der Waals surface area contributed by atoms with E-state index in [1.54, 1.807) is 6.07 Å². The van der Waals surface area contributed by atoms with E-state index in [-0.39, 0.29) is 0 Å². The molecule has 1 aliphatic heterocycles. The third kappa shape index (κ3) is 5.79. The Labute approximate surface area is 163 Å². The van der Waals surface area contributed by atoms with E-state index in [2.05, 4.69) is 49.8 Å². The molecular weight excluding hydrogens is 370 g/mol. The van der Waals surface area contributed by atoms with Crippen LogP contribution in [0.25, 0.3) is 0 Å². The molecule has 0 atom stereocenters. The van der Waals surface area contributed by atoms with Crippen molar-refractivity contribution in [3.8, 4) is 0 Å². The minimum Gasteiger partial charge on any atom is -0.378 e. The molecule has 0 bridgehead atoms. The molecule has 2 heterocycles. The number of hydrogen-bond acceptors (Lipinski definition) is 5. The standard InChI is InChI=1S/C18H22ClN5OS/c19-15-13-16(24-9-11-25-12-10-24)22-17(21-15)23-18(26)20-8-4-7-14-5-2-1-3-6-14/h1-3,5-6,13H,4,7-12H2,(H2,20,21,22,23,26). The van der Waals surface area contributed by atoms with Gasteiger partial charge in [-0.1, -0.05) is 41.9 Å². The van der Waals surface area contributed by atoms with Crippen molar-refractivity contribution < 1.29 is 4.74 Å². The second-order valence-corrected chi connectivity index (χ2v) is 6.74. The fourth-order valence-electron chi connectivity index (χ4n) is 2.70. The van der Waals surface area contributed by atoms with Crippen molar-refractivity contribution >= 4 is 40.7 Å². The van der Waals surface area contributed by atoms with Crippen LogP contribution in [-0.2, 0) is 11.2 Å². The Bertz CT molecular complexity index is 725. The number of halogens is 1. The van der Waals surface area contributed by atoms with Crippen LogP contribution in [0.5, 0.6) is 0 Å². The molecular formula is C18H22ClN5OS. The molecule has 0 amide bonds. The van der Waals surface area contributed by atoms with Gasteiger partial charge in [0, 0.05) is 25.7 Å². The van der Waals surface area contributed by atoms with Crippen molar-refractivity contribution in [3.63, 3.8) is 0 Å². The number of aromatic nitrogens is 2. The smallest absolute Gasteiger partial charge is 0.232 e. The van der Waals surface area contributed by atoms with Gasteiger partial charge in [-0.2, -0.15) is 4.98 Å². The zero-order chi connectivity index (χ0) is 18.2. The number of nitrogens with one attached hydrogen (secondary N) is 2. The lowest BCUT2D eigenvalue weighted by molar-refractivity contribution is 0.122. The summed E-state index contributed by atoms with van der Waals surface area (Å²) in [5, 5.41) is 7.08. The number of aryl methyl sites for hydroxylation is 1. The van der Waals surface area contributed by atoms with Crippen LogP contribution in [0.3, 0.4) is 0 Å². The molecule has 1 aromatic carbocycles. The first-order valence-electron chi connectivity index (χ1n) is 8.67. The Morgan fingerprint density at radius 1 is 1.19 bits per heavy atom. The van der Waals surface area contributed by atoms with Gasteiger partial charge in [-0.15, -0.1) is 0 Å². The molecule has 0 spiro atoms. The van der Waals surface area contributed by atoms with Crippen molar-refractivity contribution in [2.24, 2.45) is 0 Å². The SMILES string of the molecule is S=C(NCCCc1ccccc1)Nc1nc(Cl)cc(N2CCOCC2)n1. The van der Waals surface area contributed by atoms with Crippen molar-refractivity contribution in [2.75, 3.05) is 43.1 Å². The molecule has 0 aliphatic carbocycles. The summed E-state index contributed by atoms with van der Waals surface area (Å²) in [7, 11) is 0. The van der Waals surface area contributed by atoms with Crippen LogP contribution >= 0.6 is 23.8 Å². The van der Waals surface area contributed by atoms with Gasteiger partial charge < -0.3 is 20.3 Å². The predicted octanol–water partition coefficient (Wildman–Crippen LogP) is 2.89. The van der Waals surface area contributed by atoms with Gasteiger partial charge >= 0.3 is 0 Å². The molecule has 0 radical (unpaired) electrons. The van der Waals surface area contributed by atoms with Crippen LogP contribution in [0.2, 0.25) is 5.15 Å². The highest BCUT2D eigenvalue weighted by atomic mass is 35.5. The molecule has 0 unspecified atom stereocenters. The first-order valence-corrected chi connectivity index (χ1v) is 9.45. The molecule has 2 aromatic rings. The maximum atomic E-state index is 6.13. The topological polar surface area (TPSA) is 62.3 Å². The number of thiocarbonyl (C=S) groups is 1. The van der Waals surface area contributed by atoms with E-state index in [4.69, 9.17) is 28.6 Å². The predicted molar refractivity (Wildman–Crippen MR) is 109 cm³/mol. The monoisotopic (exact) mass is 391 g/mol. The lowest BCUT2D eigenvalue weighted by Gasteiger charge is -2.28. The van der Waals surface area contributed by atoms with Crippen LogP contribution in [0, 0.1) is 0 Å². The number of rotatable bonds is 6. The molecule has 1 saturated heterocycles. The summed E-state index contributed by atoms with van der Waals surface area (Å²) in [4.78, 5) is 10.8. The van der Waals surface area contributed by atoms with E-state index >= 15 is 0 Å². The summed E-state index contributed by atoms with van der Waals surface area (Å²) in [6.07, 6.45) is 1.99. The zero-order valence-electron chi connectivity index (χ0n) is 14.4. The minimum atomic E-state index is 0.385. The van der Waals surface area contributed by atoms with Gasteiger partial charge in [0.2, 0.25) is 5.95 Å². The fraction of sp³-hybridized carbons (Fsp3) is 0.389. The summed E-state index contributed by atoms with van der Waals surface area (Å²) >= 11 is 11.5. The average molecular weight is 392 g/mol. The van der Waals surface area contributed by atoms with Gasteiger partial charge in [-0.05, 0) is 30.6 Å². The molecule has 0 saturated carbocycles. The number of nitrogens with zero attached hydrogens (tertiary/aromatic N) is 3. The first kappa shape index (κ1) is 18.8. The van der Waals surface area contributed by atoms with Crippen LogP contribution in [0.4, 0.5) is 11.8 Å². The lowest BCUT2D eigenvalue weighted by Crippen LogP contribution is -2.37. The highest BCUT2D eigenvalue weighted by Crippen LogP contribution is 2.19. The first-order chi connectivity index (χ1) is 12.7. The number of morpholine rings is 1. The quantitative estimate of drug-likeness (QED) is 0.446. The molecule has 1 aliphatic rings. The molecule has 3 rings (SSSR count). The Balaban J connectivity index is 1.48. The summed E-state index contributed by atoms with van der Waals surface area (Å²) in [5.41, 5.74) is 1.32.